The van der Waals surface area contributed by atoms with Crippen LogP contribution in [0.15, 0.2) is 29.4 Å². The molecule has 1 aliphatic heterocycles. The highest BCUT2D eigenvalue weighted by Gasteiger charge is 2.16. The molecule has 1 aromatic carbocycles. The topological polar surface area (TPSA) is 41.9 Å². The zero-order valence-corrected chi connectivity index (χ0v) is 10.8. The quantitative estimate of drug-likeness (QED) is 0.727. The summed E-state index contributed by atoms with van der Waals surface area (Å²) in [6.07, 6.45) is 3.36. The molecule has 1 aliphatic rings. The first kappa shape index (κ1) is 13.0. The van der Waals surface area contributed by atoms with Crippen molar-refractivity contribution in [1.82, 2.24) is 4.90 Å². The highest BCUT2D eigenvalue weighted by atomic mass is 16.5. The van der Waals surface area contributed by atoms with Crippen LogP contribution in [-0.4, -0.2) is 31.6 Å². The number of benzene rings is 1. The SMILES string of the molecule is COc1ccc([C@@H](CCN2CCCC2)N=O)cc1. The van der Waals surface area contributed by atoms with Gasteiger partial charge in [0, 0.05) is 6.54 Å². The Balaban J connectivity index is 1.91. The Bertz CT molecular complexity index is 372. The molecule has 0 N–H and O–H groups in total. The fraction of sp³-hybridized carbons (Fsp3) is 0.571. The van der Waals surface area contributed by atoms with E-state index in [9.17, 15) is 4.91 Å². The van der Waals surface area contributed by atoms with Crippen LogP contribution in [0.2, 0.25) is 0 Å². The Labute approximate surface area is 108 Å². The number of nitroso groups, excluding NO2 is 1. The second-order valence-corrected chi connectivity index (χ2v) is 4.73. The number of hydrogen-bond donors (Lipinski definition) is 0. The van der Waals surface area contributed by atoms with Crippen LogP contribution in [0, 0.1) is 4.91 Å². The minimum atomic E-state index is -0.239. The predicted molar refractivity (Wildman–Crippen MR) is 71.8 cm³/mol. The van der Waals surface area contributed by atoms with Gasteiger partial charge in [0.15, 0.2) is 0 Å². The summed E-state index contributed by atoms with van der Waals surface area (Å²) in [5.41, 5.74) is 0.977. The van der Waals surface area contributed by atoms with Gasteiger partial charge in [0.25, 0.3) is 0 Å². The summed E-state index contributed by atoms with van der Waals surface area (Å²) < 4.78 is 5.11. The first-order valence-corrected chi connectivity index (χ1v) is 6.52. The third kappa shape index (κ3) is 3.29. The average Bonchev–Trinajstić information content (AvgIpc) is 2.93. The van der Waals surface area contributed by atoms with Crippen LogP contribution in [0.5, 0.6) is 5.75 Å². The van der Waals surface area contributed by atoms with Gasteiger partial charge >= 0.3 is 0 Å². The fourth-order valence-corrected chi connectivity index (χ4v) is 2.42. The van der Waals surface area contributed by atoms with Gasteiger partial charge in [-0.25, -0.2) is 0 Å². The van der Waals surface area contributed by atoms with E-state index in [4.69, 9.17) is 4.74 Å². The normalized spacial score (nSPS) is 17.6. The van der Waals surface area contributed by atoms with E-state index in [1.54, 1.807) is 7.11 Å². The summed E-state index contributed by atoms with van der Waals surface area (Å²) in [6, 6.07) is 7.37. The molecule has 1 saturated heterocycles. The van der Waals surface area contributed by atoms with Gasteiger partial charge in [-0.05, 0) is 50.0 Å². The van der Waals surface area contributed by atoms with E-state index in [0.717, 1.165) is 37.4 Å². The van der Waals surface area contributed by atoms with Crippen molar-refractivity contribution in [2.75, 3.05) is 26.7 Å². The van der Waals surface area contributed by atoms with E-state index in [-0.39, 0.29) is 6.04 Å². The first-order chi connectivity index (χ1) is 8.83. The van der Waals surface area contributed by atoms with Crippen LogP contribution in [0.1, 0.15) is 30.9 Å². The molecule has 1 heterocycles. The molecule has 0 aromatic heterocycles. The van der Waals surface area contributed by atoms with Gasteiger partial charge in [0.2, 0.25) is 0 Å². The van der Waals surface area contributed by atoms with Gasteiger partial charge in [-0.2, -0.15) is 4.91 Å². The molecule has 4 heteroatoms. The average molecular weight is 248 g/mol. The molecule has 1 fully saturated rings. The standard InChI is InChI=1S/C14H20N2O2/c1-18-13-6-4-12(5-7-13)14(15-17)8-11-16-9-2-3-10-16/h4-7,14H,2-3,8-11H2,1H3/t14-/m1/s1. The molecule has 0 bridgehead atoms. The van der Waals surface area contributed by atoms with E-state index in [0.29, 0.717) is 0 Å². The van der Waals surface area contributed by atoms with Crippen molar-refractivity contribution in [2.45, 2.75) is 25.3 Å². The van der Waals surface area contributed by atoms with Crippen molar-refractivity contribution >= 4 is 0 Å². The van der Waals surface area contributed by atoms with Crippen LogP contribution in [0.3, 0.4) is 0 Å². The van der Waals surface area contributed by atoms with Crippen molar-refractivity contribution in [3.05, 3.63) is 34.7 Å². The highest BCUT2D eigenvalue weighted by molar-refractivity contribution is 5.29. The van der Waals surface area contributed by atoms with Crippen molar-refractivity contribution in [1.29, 1.82) is 0 Å². The Kier molecular flexibility index (Phi) is 4.70. The van der Waals surface area contributed by atoms with Gasteiger partial charge in [-0.1, -0.05) is 17.3 Å². The monoisotopic (exact) mass is 248 g/mol. The predicted octanol–water partition coefficient (Wildman–Crippen LogP) is 2.99. The number of nitrogens with zero attached hydrogens (tertiary/aromatic N) is 2. The lowest BCUT2D eigenvalue weighted by atomic mass is 10.0. The molecular formula is C14H20N2O2. The smallest absolute Gasteiger partial charge is 0.118 e. The highest BCUT2D eigenvalue weighted by Crippen LogP contribution is 2.24. The number of ether oxygens (including phenoxy) is 1. The summed E-state index contributed by atoms with van der Waals surface area (Å²) in [7, 11) is 1.64. The molecule has 0 saturated carbocycles. The summed E-state index contributed by atoms with van der Waals surface area (Å²) >= 11 is 0. The minimum absolute atomic E-state index is 0.239. The number of hydrogen-bond acceptors (Lipinski definition) is 4. The third-order valence-corrected chi connectivity index (χ3v) is 3.55. The van der Waals surface area contributed by atoms with Crippen molar-refractivity contribution in [3.63, 3.8) is 0 Å². The molecule has 18 heavy (non-hydrogen) atoms. The number of rotatable bonds is 6. The Morgan fingerprint density at radius 1 is 1.28 bits per heavy atom. The second-order valence-electron chi connectivity index (χ2n) is 4.73. The molecule has 0 unspecified atom stereocenters. The Hall–Kier alpha value is -1.42. The molecule has 0 radical (unpaired) electrons. The van der Waals surface area contributed by atoms with E-state index < -0.39 is 0 Å². The van der Waals surface area contributed by atoms with E-state index in [2.05, 4.69) is 10.1 Å². The van der Waals surface area contributed by atoms with Gasteiger partial charge in [0.1, 0.15) is 11.8 Å². The van der Waals surface area contributed by atoms with Crippen molar-refractivity contribution in [2.24, 2.45) is 5.18 Å². The summed E-state index contributed by atoms with van der Waals surface area (Å²) in [4.78, 5) is 13.4. The van der Waals surface area contributed by atoms with Gasteiger partial charge < -0.3 is 9.64 Å². The Morgan fingerprint density at radius 2 is 1.94 bits per heavy atom. The fourth-order valence-electron chi connectivity index (χ4n) is 2.42. The molecule has 0 amide bonds. The van der Waals surface area contributed by atoms with Gasteiger partial charge in [-0.15, -0.1) is 0 Å². The molecule has 0 aliphatic carbocycles. The van der Waals surface area contributed by atoms with Crippen LogP contribution >= 0.6 is 0 Å². The van der Waals surface area contributed by atoms with Crippen LogP contribution in [0.25, 0.3) is 0 Å². The van der Waals surface area contributed by atoms with Gasteiger partial charge in [-0.3, -0.25) is 0 Å². The second kappa shape index (κ2) is 6.50. The summed E-state index contributed by atoms with van der Waals surface area (Å²) in [6.45, 7) is 3.28. The Morgan fingerprint density at radius 3 is 2.50 bits per heavy atom. The molecule has 2 rings (SSSR count). The van der Waals surface area contributed by atoms with Crippen molar-refractivity contribution < 1.29 is 4.74 Å². The largest absolute Gasteiger partial charge is 0.497 e. The summed E-state index contributed by atoms with van der Waals surface area (Å²) in [5, 5.41) is 3.26. The maximum absolute atomic E-state index is 11.0. The van der Waals surface area contributed by atoms with Crippen LogP contribution in [0.4, 0.5) is 0 Å². The lowest BCUT2D eigenvalue weighted by Gasteiger charge is -2.17. The van der Waals surface area contributed by atoms with Crippen molar-refractivity contribution in [3.8, 4) is 5.75 Å². The van der Waals surface area contributed by atoms with Crippen LogP contribution < -0.4 is 4.74 Å². The maximum atomic E-state index is 11.0. The first-order valence-electron chi connectivity index (χ1n) is 6.52. The third-order valence-electron chi connectivity index (χ3n) is 3.55. The number of likely N-dealkylation sites (tertiary alicyclic amines) is 1. The van der Waals surface area contributed by atoms with Gasteiger partial charge in [0.05, 0.1) is 7.11 Å². The molecule has 1 aromatic rings. The summed E-state index contributed by atoms with van der Waals surface area (Å²) in [5.74, 6) is 0.808. The molecule has 98 valence electrons. The zero-order valence-electron chi connectivity index (χ0n) is 10.8. The molecule has 0 spiro atoms. The molecule has 4 nitrogen and oxygen atoms in total. The molecule has 1 atom stereocenters. The maximum Gasteiger partial charge on any atom is 0.118 e. The van der Waals surface area contributed by atoms with Crippen LogP contribution in [-0.2, 0) is 0 Å². The van der Waals surface area contributed by atoms with E-state index in [1.165, 1.54) is 12.8 Å². The zero-order chi connectivity index (χ0) is 12.8. The lowest BCUT2D eigenvalue weighted by Crippen LogP contribution is -2.21. The number of methoxy groups -OCH3 is 1. The molecular weight excluding hydrogens is 228 g/mol. The van der Waals surface area contributed by atoms with E-state index in [1.807, 2.05) is 24.3 Å². The van der Waals surface area contributed by atoms with E-state index >= 15 is 0 Å². The lowest BCUT2D eigenvalue weighted by molar-refractivity contribution is 0.322. The minimum Gasteiger partial charge on any atom is -0.497 e.